The van der Waals surface area contributed by atoms with Gasteiger partial charge in [0.25, 0.3) is 0 Å². The minimum absolute atomic E-state index is 0.179. The Hall–Kier alpha value is -0.440. The summed E-state index contributed by atoms with van der Waals surface area (Å²) in [6, 6.07) is 0. The second-order valence-corrected chi connectivity index (χ2v) is 4.74. The maximum Gasteiger partial charge on any atom is 0.209 e. The Morgan fingerprint density at radius 1 is 1.54 bits per heavy atom. The molecule has 1 fully saturated rings. The van der Waals surface area contributed by atoms with Crippen LogP contribution in [-0.2, 0) is 9.53 Å². The van der Waals surface area contributed by atoms with Crippen LogP contribution < -0.4 is 0 Å². The molecule has 0 spiro atoms. The molecule has 72 valence electrons. The van der Waals surface area contributed by atoms with E-state index in [9.17, 15) is 4.79 Å². The summed E-state index contributed by atoms with van der Waals surface area (Å²) in [5.41, 5.74) is 0. The molecule has 0 amide bonds. The van der Waals surface area contributed by atoms with E-state index in [1.54, 1.807) is 11.8 Å². The van der Waals surface area contributed by atoms with E-state index in [4.69, 9.17) is 4.74 Å². The minimum Gasteiger partial charge on any atom is -0.490 e. The summed E-state index contributed by atoms with van der Waals surface area (Å²) >= 11 is 1.79. The molecule has 0 aliphatic carbocycles. The van der Waals surface area contributed by atoms with Gasteiger partial charge < -0.3 is 4.74 Å². The van der Waals surface area contributed by atoms with Gasteiger partial charge in [-0.1, -0.05) is 6.42 Å². The first-order valence-corrected chi connectivity index (χ1v) is 5.91. The predicted molar refractivity (Wildman–Crippen MR) is 53.8 cm³/mol. The standard InChI is InChI=1S/C10H14O2S/c11-10(8-4-3-6-12-8)9-5-1-2-7-13-9/h4,9H,1-3,5-7H2. The molecule has 2 heterocycles. The van der Waals surface area contributed by atoms with Crippen molar-refractivity contribution in [2.45, 2.75) is 30.9 Å². The third kappa shape index (κ3) is 2.08. The van der Waals surface area contributed by atoms with E-state index in [0.29, 0.717) is 12.4 Å². The number of hydrogen-bond acceptors (Lipinski definition) is 3. The van der Waals surface area contributed by atoms with Gasteiger partial charge in [-0.2, -0.15) is 11.8 Å². The Labute approximate surface area is 82.7 Å². The van der Waals surface area contributed by atoms with Gasteiger partial charge in [0.15, 0.2) is 5.76 Å². The largest absolute Gasteiger partial charge is 0.490 e. The van der Waals surface area contributed by atoms with Gasteiger partial charge in [-0.05, 0) is 24.7 Å². The van der Waals surface area contributed by atoms with Crippen LogP contribution in [0.15, 0.2) is 11.8 Å². The molecular formula is C10H14O2S. The van der Waals surface area contributed by atoms with Gasteiger partial charge in [-0.15, -0.1) is 0 Å². The highest BCUT2D eigenvalue weighted by molar-refractivity contribution is 8.00. The molecule has 2 aliphatic rings. The van der Waals surface area contributed by atoms with Crippen molar-refractivity contribution < 1.29 is 9.53 Å². The molecule has 0 N–H and O–H groups in total. The number of Topliss-reactive ketones (excluding diaryl/α,β-unsaturated/α-hetero) is 1. The number of ether oxygens (including phenoxy) is 1. The van der Waals surface area contributed by atoms with Crippen molar-refractivity contribution in [1.82, 2.24) is 0 Å². The highest BCUT2D eigenvalue weighted by Gasteiger charge is 2.26. The Bertz CT molecular complexity index is 229. The summed E-state index contributed by atoms with van der Waals surface area (Å²) in [5, 5.41) is 0.179. The molecule has 2 nitrogen and oxygen atoms in total. The lowest BCUT2D eigenvalue weighted by Crippen LogP contribution is -2.22. The van der Waals surface area contributed by atoms with Crippen LogP contribution >= 0.6 is 11.8 Å². The van der Waals surface area contributed by atoms with Crippen LogP contribution in [0, 0.1) is 0 Å². The van der Waals surface area contributed by atoms with Crippen LogP contribution in [0.2, 0.25) is 0 Å². The molecule has 13 heavy (non-hydrogen) atoms. The summed E-state index contributed by atoms with van der Waals surface area (Å²) in [6.45, 7) is 0.693. The number of thioether (sulfide) groups is 1. The van der Waals surface area contributed by atoms with Gasteiger partial charge in [-0.3, -0.25) is 4.79 Å². The zero-order valence-corrected chi connectivity index (χ0v) is 8.44. The fraction of sp³-hybridized carbons (Fsp3) is 0.700. The average molecular weight is 198 g/mol. The maximum absolute atomic E-state index is 11.8. The second kappa shape index (κ2) is 4.18. The van der Waals surface area contributed by atoms with Crippen molar-refractivity contribution in [3.63, 3.8) is 0 Å². The summed E-state index contributed by atoms with van der Waals surface area (Å²) in [5.74, 6) is 1.98. The first-order chi connectivity index (χ1) is 6.38. The maximum atomic E-state index is 11.8. The molecule has 1 saturated heterocycles. The molecule has 1 unspecified atom stereocenters. The number of carbonyl (C=O) groups excluding carboxylic acids is 1. The summed E-state index contributed by atoms with van der Waals surface area (Å²) in [7, 11) is 0. The SMILES string of the molecule is O=C(C1=CCCO1)C1CCCCS1. The number of hydrogen-bond donors (Lipinski definition) is 0. The molecule has 0 radical (unpaired) electrons. The summed E-state index contributed by atoms with van der Waals surface area (Å²) in [4.78, 5) is 11.8. The van der Waals surface area contributed by atoms with Crippen molar-refractivity contribution in [3.8, 4) is 0 Å². The third-order valence-corrected chi connectivity index (χ3v) is 3.80. The van der Waals surface area contributed by atoms with E-state index in [1.165, 1.54) is 12.8 Å². The van der Waals surface area contributed by atoms with E-state index in [-0.39, 0.29) is 11.0 Å². The van der Waals surface area contributed by atoms with Crippen molar-refractivity contribution in [1.29, 1.82) is 0 Å². The van der Waals surface area contributed by atoms with Crippen LogP contribution in [0.4, 0.5) is 0 Å². The minimum atomic E-state index is 0.179. The third-order valence-electron chi connectivity index (χ3n) is 2.42. The van der Waals surface area contributed by atoms with E-state index in [2.05, 4.69) is 0 Å². The molecule has 3 heteroatoms. The Balaban J connectivity index is 1.94. The number of rotatable bonds is 2. The fourth-order valence-electron chi connectivity index (χ4n) is 1.70. The zero-order valence-electron chi connectivity index (χ0n) is 7.62. The summed E-state index contributed by atoms with van der Waals surface area (Å²) < 4.78 is 5.27. The second-order valence-electron chi connectivity index (χ2n) is 3.42. The predicted octanol–water partition coefficient (Wildman–Crippen LogP) is 2.15. The first-order valence-electron chi connectivity index (χ1n) is 4.87. The van der Waals surface area contributed by atoms with Gasteiger partial charge in [0.05, 0.1) is 11.9 Å². The molecule has 0 aromatic heterocycles. The van der Waals surface area contributed by atoms with Crippen molar-refractivity contribution >= 4 is 17.5 Å². The van der Waals surface area contributed by atoms with Crippen LogP contribution in [-0.4, -0.2) is 23.4 Å². The van der Waals surface area contributed by atoms with Crippen LogP contribution in [0.3, 0.4) is 0 Å². The Morgan fingerprint density at radius 2 is 2.46 bits per heavy atom. The molecule has 0 aromatic rings. The van der Waals surface area contributed by atoms with Gasteiger partial charge in [0.2, 0.25) is 5.78 Å². The van der Waals surface area contributed by atoms with Crippen LogP contribution in [0.5, 0.6) is 0 Å². The molecule has 2 aliphatic heterocycles. The smallest absolute Gasteiger partial charge is 0.209 e. The lowest BCUT2D eigenvalue weighted by Gasteiger charge is -2.19. The number of allylic oxidation sites excluding steroid dienone is 1. The highest BCUT2D eigenvalue weighted by Crippen LogP contribution is 2.28. The van der Waals surface area contributed by atoms with Gasteiger partial charge in [-0.25, -0.2) is 0 Å². The topological polar surface area (TPSA) is 26.3 Å². The molecule has 2 rings (SSSR count). The van der Waals surface area contributed by atoms with E-state index in [0.717, 1.165) is 18.6 Å². The average Bonchev–Trinajstić information content (AvgIpc) is 2.71. The Morgan fingerprint density at radius 3 is 3.08 bits per heavy atom. The van der Waals surface area contributed by atoms with Gasteiger partial charge >= 0.3 is 0 Å². The number of ketones is 1. The van der Waals surface area contributed by atoms with E-state index in [1.807, 2.05) is 6.08 Å². The normalized spacial score (nSPS) is 28.0. The molecule has 0 bridgehead atoms. The molecular weight excluding hydrogens is 184 g/mol. The lowest BCUT2D eigenvalue weighted by molar-refractivity contribution is -0.118. The van der Waals surface area contributed by atoms with Crippen molar-refractivity contribution in [2.24, 2.45) is 0 Å². The van der Waals surface area contributed by atoms with Crippen LogP contribution in [0.1, 0.15) is 25.7 Å². The van der Waals surface area contributed by atoms with Gasteiger partial charge in [0.1, 0.15) is 0 Å². The lowest BCUT2D eigenvalue weighted by atomic mass is 10.1. The monoisotopic (exact) mass is 198 g/mol. The van der Waals surface area contributed by atoms with E-state index >= 15 is 0 Å². The van der Waals surface area contributed by atoms with Crippen molar-refractivity contribution in [3.05, 3.63) is 11.8 Å². The zero-order chi connectivity index (χ0) is 9.10. The number of carbonyl (C=O) groups is 1. The Kier molecular flexibility index (Phi) is 2.94. The van der Waals surface area contributed by atoms with Crippen LogP contribution in [0.25, 0.3) is 0 Å². The fourth-order valence-corrected chi connectivity index (χ4v) is 2.95. The summed E-state index contributed by atoms with van der Waals surface area (Å²) in [6.07, 6.45) is 6.31. The molecule has 1 atom stereocenters. The highest BCUT2D eigenvalue weighted by atomic mass is 32.2. The van der Waals surface area contributed by atoms with Gasteiger partial charge in [0, 0.05) is 6.42 Å². The first kappa shape index (κ1) is 9.13. The quantitative estimate of drug-likeness (QED) is 0.680. The molecule has 0 aromatic carbocycles. The molecule has 0 saturated carbocycles. The van der Waals surface area contributed by atoms with E-state index < -0.39 is 0 Å². The van der Waals surface area contributed by atoms with Crippen molar-refractivity contribution in [2.75, 3.05) is 12.4 Å².